The van der Waals surface area contributed by atoms with E-state index in [1.165, 1.54) is 11.8 Å². The van der Waals surface area contributed by atoms with Crippen molar-refractivity contribution in [3.05, 3.63) is 0 Å². The summed E-state index contributed by atoms with van der Waals surface area (Å²) in [5, 5.41) is 17.7. The molecule has 0 aromatic rings. The standard InChI is InChI=1S/C14H24N4O6S.C2H6/c1-3-10(19)18-9(4-5-25-2)14(24)17-7-12(21)15-6-11(20)16-8-13(22)23;1-2/h9H,3-8H2,1-2H3,(H,15,21)(H,16,20)(H,17,24)(H,18,19)(H,22,23);1-2H3. The van der Waals surface area contributed by atoms with E-state index in [4.69, 9.17) is 5.11 Å². The van der Waals surface area contributed by atoms with Crippen LogP contribution < -0.4 is 21.3 Å². The van der Waals surface area contributed by atoms with Crippen molar-refractivity contribution >= 4 is 41.4 Å². The van der Waals surface area contributed by atoms with Gasteiger partial charge in [0.2, 0.25) is 23.6 Å². The first kappa shape index (κ1) is 26.9. The van der Waals surface area contributed by atoms with Crippen molar-refractivity contribution in [2.75, 3.05) is 31.6 Å². The average molecular weight is 407 g/mol. The molecule has 0 aliphatic carbocycles. The number of rotatable bonds is 12. The molecule has 0 saturated carbocycles. The van der Waals surface area contributed by atoms with Gasteiger partial charge in [0, 0.05) is 6.42 Å². The average Bonchev–Trinajstić information content (AvgIpc) is 2.67. The largest absolute Gasteiger partial charge is 0.480 e. The summed E-state index contributed by atoms with van der Waals surface area (Å²) in [7, 11) is 0. The lowest BCUT2D eigenvalue weighted by molar-refractivity contribution is -0.137. The van der Waals surface area contributed by atoms with Gasteiger partial charge in [-0.3, -0.25) is 24.0 Å². The van der Waals surface area contributed by atoms with Crippen LogP contribution in [0.15, 0.2) is 0 Å². The van der Waals surface area contributed by atoms with E-state index in [2.05, 4.69) is 21.3 Å². The monoisotopic (exact) mass is 406 g/mol. The molecule has 0 aromatic carbocycles. The highest BCUT2D eigenvalue weighted by atomic mass is 32.2. The molecule has 0 radical (unpaired) electrons. The van der Waals surface area contributed by atoms with Gasteiger partial charge in [0.25, 0.3) is 0 Å². The van der Waals surface area contributed by atoms with Crippen molar-refractivity contribution in [1.29, 1.82) is 0 Å². The summed E-state index contributed by atoms with van der Waals surface area (Å²) in [4.78, 5) is 56.6. The fourth-order valence-corrected chi connectivity index (χ4v) is 2.04. The molecule has 0 rings (SSSR count). The zero-order valence-corrected chi connectivity index (χ0v) is 17.0. The zero-order chi connectivity index (χ0) is 21.2. The summed E-state index contributed by atoms with van der Waals surface area (Å²) < 4.78 is 0. The second-order valence-corrected chi connectivity index (χ2v) is 5.91. The first-order chi connectivity index (χ1) is 12.8. The van der Waals surface area contributed by atoms with Gasteiger partial charge in [-0.1, -0.05) is 20.8 Å². The SMILES string of the molecule is CC.CCC(=O)NC(CCSC)C(=O)NCC(=O)NCC(=O)NCC(=O)O. The summed E-state index contributed by atoms with van der Waals surface area (Å²) in [6, 6.07) is -0.730. The number of aliphatic carboxylic acids is 1. The molecule has 10 nitrogen and oxygen atoms in total. The van der Waals surface area contributed by atoms with E-state index in [1.54, 1.807) is 6.92 Å². The van der Waals surface area contributed by atoms with Crippen LogP contribution in [0, 0.1) is 0 Å². The number of hydrogen-bond acceptors (Lipinski definition) is 6. The van der Waals surface area contributed by atoms with Crippen LogP contribution in [0.25, 0.3) is 0 Å². The summed E-state index contributed by atoms with van der Waals surface area (Å²) in [5.41, 5.74) is 0. The van der Waals surface area contributed by atoms with Gasteiger partial charge in [0.1, 0.15) is 12.6 Å². The van der Waals surface area contributed by atoms with Crippen LogP contribution in [0.4, 0.5) is 0 Å². The Morgan fingerprint density at radius 1 is 0.889 bits per heavy atom. The molecule has 0 saturated heterocycles. The number of carboxylic acid groups (broad SMARTS) is 1. The van der Waals surface area contributed by atoms with Gasteiger partial charge in [-0.05, 0) is 18.4 Å². The lowest BCUT2D eigenvalue weighted by Gasteiger charge is -2.17. The van der Waals surface area contributed by atoms with E-state index in [1.807, 2.05) is 20.1 Å². The predicted molar refractivity (Wildman–Crippen MR) is 103 cm³/mol. The zero-order valence-electron chi connectivity index (χ0n) is 16.2. The van der Waals surface area contributed by atoms with E-state index < -0.39 is 42.8 Å². The molecule has 1 unspecified atom stereocenters. The molecule has 27 heavy (non-hydrogen) atoms. The van der Waals surface area contributed by atoms with E-state index in [9.17, 15) is 24.0 Å². The Labute approximate surface area is 163 Å². The highest BCUT2D eigenvalue weighted by Gasteiger charge is 2.20. The topological polar surface area (TPSA) is 154 Å². The number of nitrogens with one attached hydrogen (secondary N) is 4. The van der Waals surface area contributed by atoms with Gasteiger partial charge in [0.15, 0.2) is 0 Å². The third-order valence-corrected chi connectivity index (χ3v) is 3.53. The number of thioether (sulfide) groups is 1. The Bertz CT molecular complexity index is 501. The van der Waals surface area contributed by atoms with Crippen LogP contribution in [0.2, 0.25) is 0 Å². The van der Waals surface area contributed by atoms with Gasteiger partial charge in [-0.25, -0.2) is 0 Å². The van der Waals surface area contributed by atoms with Gasteiger partial charge >= 0.3 is 5.97 Å². The molecule has 0 bridgehead atoms. The molecule has 156 valence electrons. The molecule has 0 fully saturated rings. The van der Waals surface area contributed by atoms with Crippen LogP contribution in [-0.2, 0) is 24.0 Å². The third-order valence-electron chi connectivity index (χ3n) is 2.89. The van der Waals surface area contributed by atoms with Crippen molar-refractivity contribution in [1.82, 2.24) is 21.3 Å². The Morgan fingerprint density at radius 2 is 1.41 bits per heavy atom. The van der Waals surface area contributed by atoms with E-state index in [0.717, 1.165) is 0 Å². The van der Waals surface area contributed by atoms with Crippen LogP contribution in [-0.4, -0.2) is 72.4 Å². The van der Waals surface area contributed by atoms with Gasteiger partial charge < -0.3 is 26.4 Å². The van der Waals surface area contributed by atoms with Crippen molar-refractivity contribution < 1.29 is 29.1 Å². The maximum atomic E-state index is 12.1. The fraction of sp³-hybridized carbons (Fsp3) is 0.688. The Kier molecular flexibility index (Phi) is 17.1. The molecule has 11 heteroatoms. The smallest absolute Gasteiger partial charge is 0.322 e. The lowest BCUT2D eigenvalue weighted by Crippen LogP contribution is -2.49. The Morgan fingerprint density at radius 3 is 1.89 bits per heavy atom. The first-order valence-corrected chi connectivity index (χ1v) is 10.0. The molecular weight excluding hydrogens is 376 g/mol. The minimum Gasteiger partial charge on any atom is -0.480 e. The van der Waals surface area contributed by atoms with Crippen LogP contribution in [0.5, 0.6) is 0 Å². The van der Waals surface area contributed by atoms with E-state index >= 15 is 0 Å². The minimum atomic E-state index is -1.20. The summed E-state index contributed by atoms with van der Waals surface area (Å²) in [5.74, 6) is -2.54. The molecule has 0 heterocycles. The Hall–Kier alpha value is -2.30. The summed E-state index contributed by atoms with van der Waals surface area (Å²) in [6.45, 7) is 4.37. The minimum absolute atomic E-state index is 0.245. The third kappa shape index (κ3) is 15.7. The number of carbonyl (C=O) groups excluding carboxylic acids is 4. The molecule has 1 atom stereocenters. The first-order valence-electron chi connectivity index (χ1n) is 8.61. The van der Waals surface area contributed by atoms with Crippen LogP contribution in [0.1, 0.15) is 33.6 Å². The molecule has 4 amide bonds. The fourth-order valence-electron chi connectivity index (χ4n) is 1.57. The Balaban J connectivity index is 0. The van der Waals surface area contributed by atoms with Crippen molar-refractivity contribution in [2.45, 2.75) is 39.7 Å². The van der Waals surface area contributed by atoms with Gasteiger partial charge in [-0.2, -0.15) is 11.8 Å². The molecule has 5 N–H and O–H groups in total. The number of hydrogen-bond donors (Lipinski definition) is 5. The second kappa shape index (κ2) is 17.1. The van der Waals surface area contributed by atoms with Crippen molar-refractivity contribution in [3.8, 4) is 0 Å². The van der Waals surface area contributed by atoms with Gasteiger partial charge in [0.05, 0.1) is 13.1 Å². The number of carboxylic acids is 1. The van der Waals surface area contributed by atoms with E-state index in [0.29, 0.717) is 12.2 Å². The lowest BCUT2D eigenvalue weighted by atomic mass is 10.2. The molecule has 0 aliphatic rings. The number of carbonyl (C=O) groups is 5. The molecule has 0 spiro atoms. The quantitative estimate of drug-likeness (QED) is 0.281. The van der Waals surface area contributed by atoms with Crippen molar-refractivity contribution in [2.24, 2.45) is 0 Å². The normalized spacial score (nSPS) is 10.5. The summed E-state index contributed by atoms with van der Waals surface area (Å²) >= 11 is 1.53. The molecular formula is C16H30N4O6S. The highest BCUT2D eigenvalue weighted by molar-refractivity contribution is 7.98. The van der Waals surface area contributed by atoms with Crippen LogP contribution >= 0.6 is 11.8 Å². The predicted octanol–water partition coefficient (Wildman–Crippen LogP) is -0.906. The molecule has 0 aliphatic heterocycles. The second-order valence-electron chi connectivity index (χ2n) is 4.92. The van der Waals surface area contributed by atoms with Crippen LogP contribution in [0.3, 0.4) is 0 Å². The van der Waals surface area contributed by atoms with Gasteiger partial charge in [-0.15, -0.1) is 0 Å². The molecule has 0 aromatic heterocycles. The summed E-state index contributed by atoms with van der Waals surface area (Å²) in [6.07, 6.45) is 2.55. The van der Waals surface area contributed by atoms with Crippen molar-refractivity contribution in [3.63, 3.8) is 0 Å². The highest BCUT2D eigenvalue weighted by Crippen LogP contribution is 2.01. The number of amides is 4. The van der Waals surface area contributed by atoms with E-state index in [-0.39, 0.29) is 18.9 Å². The maximum Gasteiger partial charge on any atom is 0.322 e. The maximum absolute atomic E-state index is 12.1.